The van der Waals surface area contributed by atoms with Gasteiger partial charge in [0, 0.05) is 26.2 Å². The first-order valence-electron chi connectivity index (χ1n) is 7.57. The standard InChI is InChI=1S/C17H26N2O2/c1-17(2,3)14-11-13(5-6-15(14)21-4)12-16(20)19-9-7-18-8-10-19/h5-6,11,18H,7-10,12H2,1-4H3. The maximum atomic E-state index is 12.3. The summed E-state index contributed by atoms with van der Waals surface area (Å²) in [5.74, 6) is 1.10. The van der Waals surface area contributed by atoms with Crippen molar-refractivity contribution in [1.82, 2.24) is 10.2 Å². The molecule has 0 spiro atoms. The van der Waals surface area contributed by atoms with Crippen LogP contribution in [0.15, 0.2) is 18.2 Å². The van der Waals surface area contributed by atoms with Crippen LogP contribution in [-0.4, -0.2) is 44.1 Å². The third-order valence-corrected chi connectivity index (χ3v) is 3.90. The van der Waals surface area contributed by atoms with Crippen molar-refractivity contribution in [1.29, 1.82) is 0 Å². The zero-order valence-corrected chi connectivity index (χ0v) is 13.5. The van der Waals surface area contributed by atoms with Crippen LogP contribution < -0.4 is 10.1 Å². The molecule has 1 N–H and O–H groups in total. The fourth-order valence-electron chi connectivity index (χ4n) is 2.65. The van der Waals surface area contributed by atoms with E-state index >= 15 is 0 Å². The van der Waals surface area contributed by atoms with Crippen molar-refractivity contribution in [2.24, 2.45) is 0 Å². The fraction of sp³-hybridized carbons (Fsp3) is 0.588. The molecular weight excluding hydrogens is 264 g/mol. The van der Waals surface area contributed by atoms with E-state index in [1.165, 1.54) is 0 Å². The van der Waals surface area contributed by atoms with Crippen LogP contribution in [-0.2, 0) is 16.6 Å². The summed E-state index contributed by atoms with van der Waals surface area (Å²) in [6.07, 6.45) is 0.465. The molecule has 2 rings (SSSR count). The van der Waals surface area contributed by atoms with Gasteiger partial charge in [0.05, 0.1) is 13.5 Å². The average molecular weight is 290 g/mol. The molecule has 0 aliphatic carbocycles. The smallest absolute Gasteiger partial charge is 0.227 e. The van der Waals surface area contributed by atoms with Crippen LogP contribution in [0.1, 0.15) is 31.9 Å². The molecule has 116 valence electrons. The Morgan fingerprint density at radius 3 is 2.52 bits per heavy atom. The topological polar surface area (TPSA) is 41.6 Å². The number of piperazine rings is 1. The van der Waals surface area contributed by atoms with Gasteiger partial charge in [-0.3, -0.25) is 4.79 Å². The summed E-state index contributed by atoms with van der Waals surface area (Å²) in [5, 5.41) is 3.27. The number of carbonyl (C=O) groups is 1. The van der Waals surface area contributed by atoms with Crippen LogP contribution in [0.5, 0.6) is 5.75 Å². The molecule has 21 heavy (non-hydrogen) atoms. The van der Waals surface area contributed by atoms with Gasteiger partial charge in [-0.05, 0) is 22.6 Å². The van der Waals surface area contributed by atoms with E-state index in [9.17, 15) is 4.79 Å². The van der Waals surface area contributed by atoms with Crippen molar-refractivity contribution >= 4 is 5.91 Å². The van der Waals surface area contributed by atoms with Gasteiger partial charge in [0.2, 0.25) is 5.91 Å². The third-order valence-electron chi connectivity index (χ3n) is 3.90. The molecule has 0 bridgehead atoms. The lowest BCUT2D eigenvalue weighted by Crippen LogP contribution is -2.46. The molecule has 1 fully saturated rings. The second kappa shape index (κ2) is 6.48. The molecule has 0 aromatic heterocycles. The number of hydrogen-bond acceptors (Lipinski definition) is 3. The molecule has 0 saturated carbocycles. The lowest BCUT2D eigenvalue weighted by Gasteiger charge is -2.28. The average Bonchev–Trinajstić information content (AvgIpc) is 2.47. The van der Waals surface area contributed by atoms with Crippen LogP contribution in [0.4, 0.5) is 0 Å². The first-order valence-corrected chi connectivity index (χ1v) is 7.57. The number of ether oxygens (including phenoxy) is 1. The minimum atomic E-state index is -0.000550. The van der Waals surface area contributed by atoms with Gasteiger partial charge in [-0.1, -0.05) is 32.9 Å². The van der Waals surface area contributed by atoms with Crippen molar-refractivity contribution < 1.29 is 9.53 Å². The van der Waals surface area contributed by atoms with Gasteiger partial charge in [-0.25, -0.2) is 0 Å². The van der Waals surface area contributed by atoms with Crippen molar-refractivity contribution in [2.75, 3.05) is 33.3 Å². The molecule has 1 aromatic rings. The van der Waals surface area contributed by atoms with E-state index in [1.54, 1.807) is 7.11 Å². The number of nitrogens with zero attached hydrogens (tertiary/aromatic N) is 1. The zero-order valence-electron chi connectivity index (χ0n) is 13.5. The second-order valence-corrected chi connectivity index (χ2v) is 6.59. The summed E-state index contributed by atoms with van der Waals surface area (Å²) in [7, 11) is 1.69. The van der Waals surface area contributed by atoms with Crippen LogP contribution >= 0.6 is 0 Å². The van der Waals surface area contributed by atoms with Crippen molar-refractivity contribution in [3.05, 3.63) is 29.3 Å². The molecule has 0 atom stereocenters. The number of hydrogen-bond donors (Lipinski definition) is 1. The summed E-state index contributed by atoms with van der Waals surface area (Å²) < 4.78 is 5.44. The predicted octanol–water partition coefficient (Wildman–Crippen LogP) is 1.97. The maximum Gasteiger partial charge on any atom is 0.227 e. The highest BCUT2D eigenvalue weighted by Crippen LogP contribution is 2.32. The van der Waals surface area contributed by atoms with E-state index in [0.717, 1.165) is 43.1 Å². The van der Waals surface area contributed by atoms with Crippen molar-refractivity contribution in [3.63, 3.8) is 0 Å². The molecule has 1 aliphatic rings. The summed E-state index contributed by atoms with van der Waals surface area (Å²) >= 11 is 0. The third kappa shape index (κ3) is 3.97. The van der Waals surface area contributed by atoms with Gasteiger partial charge in [0.15, 0.2) is 0 Å². The number of nitrogens with one attached hydrogen (secondary N) is 1. The lowest BCUT2D eigenvalue weighted by molar-refractivity contribution is -0.131. The Kier molecular flexibility index (Phi) is 4.88. The van der Waals surface area contributed by atoms with Gasteiger partial charge < -0.3 is 15.0 Å². The fourth-order valence-corrected chi connectivity index (χ4v) is 2.65. The minimum absolute atomic E-state index is 0.000550. The first-order chi connectivity index (χ1) is 9.91. The highest BCUT2D eigenvalue weighted by atomic mass is 16.5. The minimum Gasteiger partial charge on any atom is -0.496 e. The van der Waals surface area contributed by atoms with Gasteiger partial charge in [-0.2, -0.15) is 0 Å². The number of rotatable bonds is 3. The predicted molar refractivity (Wildman–Crippen MR) is 84.8 cm³/mol. The maximum absolute atomic E-state index is 12.3. The van der Waals surface area contributed by atoms with Crippen LogP contribution in [0.2, 0.25) is 0 Å². The Balaban J connectivity index is 2.15. The molecule has 4 nitrogen and oxygen atoms in total. The molecule has 0 unspecified atom stereocenters. The largest absolute Gasteiger partial charge is 0.496 e. The highest BCUT2D eigenvalue weighted by Gasteiger charge is 2.21. The lowest BCUT2D eigenvalue weighted by atomic mass is 9.85. The van der Waals surface area contributed by atoms with Crippen LogP contribution in [0.3, 0.4) is 0 Å². The van der Waals surface area contributed by atoms with Crippen molar-refractivity contribution in [3.8, 4) is 5.75 Å². The molecule has 1 aromatic carbocycles. The number of methoxy groups -OCH3 is 1. The number of amides is 1. The van der Waals surface area contributed by atoms with E-state index in [1.807, 2.05) is 17.0 Å². The SMILES string of the molecule is COc1ccc(CC(=O)N2CCNCC2)cc1C(C)(C)C. The highest BCUT2D eigenvalue weighted by molar-refractivity contribution is 5.79. The molecule has 1 heterocycles. The van der Waals surface area contributed by atoms with E-state index < -0.39 is 0 Å². The van der Waals surface area contributed by atoms with E-state index in [2.05, 4.69) is 32.2 Å². The quantitative estimate of drug-likeness (QED) is 0.925. The van der Waals surface area contributed by atoms with E-state index in [4.69, 9.17) is 4.74 Å². The Bertz CT molecular complexity index is 500. The molecule has 0 radical (unpaired) electrons. The first kappa shape index (κ1) is 15.8. The van der Waals surface area contributed by atoms with Gasteiger partial charge in [0.1, 0.15) is 5.75 Å². The summed E-state index contributed by atoms with van der Waals surface area (Å²) in [4.78, 5) is 14.3. The molecule has 1 aliphatic heterocycles. The van der Waals surface area contributed by atoms with E-state index in [-0.39, 0.29) is 11.3 Å². The van der Waals surface area contributed by atoms with Gasteiger partial charge in [0.25, 0.3) is 0 Å². The molecular formula is C17H26N2O2. The van der Waals surface area contributed by atoms with E-state index in [0.29, 0.717) is 6.42 Å². The molecule has 4 heteroatoms. The summed E-state index contributed by atoms with van der Waals surface area (Å²) in [6.45, 7) is 9.87. The Hall–Kier alpha value is -1.55. The van der Waals surface area contributed by atoms with Crippen LogP contribution in [0, 0.1) is 0 Å². The number of carbonyl (C=O) groups excluding carboxylic acids is 1. The van der Waals surface area contributed by atoms with Gasteiger partial charge in [-0.15, -0.1) is 0 Å². The Labute approximate surface area is 127 Å². The number of benzene rings is 1. The zero-order chi connectivity index (χ0) is 15.5. The second-order valence-electron chi connectivity index (χ2n) is 6.59. The Morgan fingerprint density at radius 1 is 1.29 bits per heavy atom. The van der Waals surface area contributed by atoms with Gasteiger partial charge >= 0.3 is 0 Å². The summed E-state index contributed by atoms with van der Waals surface area (Å²) in [6, 6.07) is 6.08. The normalized spacial score (nSPS) is 15.9. The monoisotopic (exact) mass is 290 g/mol. The molecule has 1 saturated heterocycles. The van der Waals surface area contributed by atoms with Crippen LogP contribution in [0.25, 0.3) is 0 Å². The molecule has 1 amide bonds. The Morgan fingerprint density at radius 2 is 1.95 bits per heavy atom. The van der Waals surface area contributed by atoms with Crippen molar-refractivity contribution in [2.45, 2.75) is 32.6 Å². The summed E-state index contributed by atoms with van der Waals surface area (Å²) in [5.41, 5.74) is 2.21.